The summed E-state index contributed by atoms with van der Waals surface area (Å²) in [4.78, 5) is 12.0. The Morgan fingerprint density at radius 2 is 2.18 bits per heavy atom. The SMILES string of the molecule is CC(O)CNC(=O)c1cn(C)nc1C(C)(C)C. The fourth-order valence-electron chi connectivity index (χ4n) is 1.54. The van der Waals surface area contributed by atoms with E-state index in [4.69, 9.17) is 5.11 Å². The third kappa shape index (κ3) is 3.56. The molecule has 5 nitrogen and oxygen atoms in total. The number of nitrogens with one attached hydrogen (secondary N) is 1. The first-order valence-electron chi connectivity index (χ1n) is 5.72. The van der Waals surface area contributed by atoms with Crippen molar-refractivity contribution < 1.29 is 9.90 Å². The molecule has 1 heterocycles. The second-order valence-corrected chi connectivity index (χ2v) is 5.37. The average Bonchev–Trinajstić information content (AvgIpc) is 2.56. The Morgan fingerprint density at radius 1 is 1.59 bits per heavy atom. The van der Waals surface area contributed by atoms with Crippen LogP contribution in [0.3, 0.4) is 0 Å². The molecule has 1 aromatic heterocycles. The fourth-order valence-corrected chi connectivity index (χ4v) is 1.54. The first-order valence-corrected chi connectivity index (χ1v) is 5.72. The van der Waals surface area contributed by atoms with Gasteiger partial charge in [-0.2, -0.15) is 5.10 Å². The number of amides is 1. The highest BCUT2D eigenvalue weighted by atomic mass is 16.3. The summed E-state index contributed by atoms with van der Waals surface area (Å²) in [6, 6.07) is 0. The van der Waals surface area contributed by atoms with Crippen molar-refractivity contribution in [3.8, 4) is 0 Å². The third-order valence-electron chi connectivity index (χ3n) is 2.34. The van der Waals surface area contributed by atoms with E-state index in [2.05, 4.69) is 10.4 Å². The minimum absolute atomic E-state index is 0.182. The van der Waals surface area contributed by atoms with Crippen LogP contribution in [0, 0.1) is 0 Å². The normalized spacial score (nSPS) is 13.5. The van der Waals surface area contributed by atoms with Crippen LogP contribution in [0.1, 0.15) is 43.7 Å². The quantitative estimate of drug-likeness (QED) is 0.821. The number of aliphatic hydroxyl groups is 1. The number of aromatic nitrogens is 2. The van der Waals surface area contributed by atoms with Crippen LogP contribution in [-0.4, -0.2) is 33.4 Å². The molecule has 0 aromatic carbocycles. The minimum atomic E-state index is -0.547. The second-order valence-electron chi connectivity index (χ2n) is 5.37. The van der Waals surface area contributed by atoms with E-state index in [1.807, 2.05) is 20.8 Å². The Balaban J connectivity index is 2.94. The maximum absolute atomic E-state index is 12.0. The van der Waals surface area contributed by atoms with Crippen molar-refractivity contribution >= 4 is 5.91 Å². The van der Waals surface area contributed by atoms with Gasteiger partial charge in [-0.1, -0.05) is 20.8 Å². The van der Waals surface area contributed by atoms with Crippen LogP contribution in [0.25, 0.3) is 0 Å². The molecule has 1 rings (SSSR count). The molecule has 96 valence electrons. The number of rotatable bonds is 3. The van der Waals surface area contributed by atoms with Crippen LogP contribution < -0.4 is 5.32 Å². The maximum Gasteiger partial charge on any atom is 0.254 e. The van der Waals surface area contributed by atoms with E-state index < -0.39 is 6.10 Å². The van der Waals surface area contributed by atoms with E-state index in [9.17, 15) is 4.79 Å². The van der Waals surface area contributed by atoms with Gasteiger partial charge >= 0.3 is 0 Å². The Morgan fingerprint density at radius 3 is 2.65 bits per heavy atom. The molecule has 1 amide bonds. The summed E-state index contributed by atoms with van der Waals surface area (Å²) >= 11 is 0. The van der Waals surface area contributed by atoms with Crippen molar-refractivity contribution in [2.24, 2.45) is 7.05 Å². The van der Waals surface area contributed by atoms with Gasteiger partial charge in [0.05, 0.1) is 17.4 Å². The lowest BCUT2D eigenvalue weighted by Gasteiger charge is -2.17. The highest BCUT2D eigenvalue weighted by Gasteiger charge is 2.25. The van der Waals surface area contributed by atoms with Crippen LogP contribution in [0.2, 0.25) is 0 Å². The maximum atomic E-state index is 12.0. The molecule has 0 fully saturated rings. The van der Waals surface area contributed by atoms with Gasteiger partial charge in [0.2, 0.25) is 0 Å². The van der Waals surface area contributed by atoms with Gasteiger partial charge in [0.15, 0.2) is 0 Å². The smallest absolute Gasteiger partial charge is 0.254 e. The monoisotopic (exact) mass is 239 g/mol. The average molecular weight is 239 g/mol. The number of aliphatic hydroxyl groups excluding tert-OH is 1. The third-order valence-corrected chi connectivity index (χ3v) is 2.34. The summed E-state index contributed by atoms with van der Waals surface area (Å²) in [7, 11) is 1.79. The van der Waals surface area contributed by atoms with E-state index in [0.29, 0.717) is 5.56 Å². The largest absolute Gasteiger partial charge is 0.392 e. The predicted molar refractivity (Wildman–Crippen MR) is 65.9 cm³/mol. The van der Waals surface area contributed by atoms with Gasteiger partial charge in [-0.05, 0) is 6.92 Å². The zero-order chi connectivity index (χ0) is 13.2. The molecule has 1 atom stereocenters. The Kier molecular flexibility index (Phi) is 3.93. The number of carbonyl (C=O) groups excluding carboxylic acids is 1. The Hall–Kier alpha value is -1.36. The number of nitrogens with zero attached hydrogens (tertiary/aromatic N) is 2. The van der Waals surface area contributed by atoms with Gasteiger partial charge in [-0.3, -0.25) is 9.48 Å². The Bertz CT molecular complexity index is 402. The van der Waals surface area contributed by atoms with E-state index in [0.717, 1.165) is 5.69 Å². The van der Waals surface area contributed by atoms with Gasteiger partial charge in [-0.25, -0.2) is 0 Å². The number of aryl methyl sites for hydroxylation is 1. The van der Waals surface area contributed by atoms with Crippen LogP contribution in [0.5, 0.6) is 0 Å². The topological polar surface area (TPSA) is 67.2 Å². The summed E-state index contributed by atoms with van der Waals surface area (Å²) in [5.74, 6) is -0.191. The van der Waals surface area contributed by atoms with Crippen molar-refractivity contribution in [2.45, 2.75) is 39.2 Å². The highest BCUT2D eigenvalue weighted by molar-refractivity contribution is 5.95. The summed E-state index contributed by atoms with van der Waals surface area (Å²) in [6.07, 6.45) is 1.16. The van der Waals surface area contributed by atoms with E-state index >= 15 is 0 Å². The van der Waals surface area contributed by atoms with Gasteiger partial charge in [0.25, 0.3) is 5.91 Å². The van der Waals surface area contributed by atoms with Crippen LogP contribution in [-0.2, 0) is 12.5 Å². The molecule has 2 N–H and O–H groups in total. The first-order chi connectivity index (χ1) is 7.71. The molecule has 0 bridgehead atoms. The number of hydrogen-bond donors (Lipinski definition) is 2. The van der Waals surface area contributed by atoms with Crippen LogP contribution in [0.15, 0.2) is 6.20 Å². The first kappa shape index (κ1) is 13.7. The number of carbonyl (C=O) groups is 1. The lowest BCUT2D eigenvalue weighted by Crippen LogP contribution is -2.32. The van der Waals surface area contributed by atoms with E-state index in [1.165, 1.54) is 0 Å². The van der Waals surface area contributed by atoms with Gasteiger partial charge in [-0.15, -0.1) is 0 Å². The predicted octanol–water partition coefficient (Wildman–Crippen LogP) is 0.828. The lowest BCUT2D eigenvalue weighted by atomic mass is 9.89. The van der Waals surface area contributed by atoms with Gasteiger partial charge < -0.3 is 10.4 Å². The molecule has 0 aliphatic heterocycles. The molecule has 1 aromatic rings. The molecule has 0 saturated heterocycles. The van der Waals surface area contributed by atoms with Crippen molar-refractivity contribution in [3.63, 3.8) is 0 Å². The summed E-state index contributed by atoms with van der Waals surface area (Å²) < 4.78 is 1.64. The van der Waals surface area contributed by atoms with Crippen LogP contribution >= 0.6 is 0 Å². The van der Waals surface area contributed by atoms with E-state index in [-0.39, 0.29) is 17.9 Å². The summed E-state index contributed by atoms with van der Waals surface area (Å²) in [5, 5.41) is 16.2. The summed E-state index contributed by atoms with van der Waals surface area (Å²) in [6.45, 7) is 7.92. The van der Waals surface area contributed by atoms with Crippen molar-refractivity contribution in [1.29, 1.82) is 0 Å². The zero-order valence-corrected chi connectivity index (χ0v) is 11.1. The molecule has 1 unspecified atom stereocenters. The molecule has 0 saturated carbocycles. The minimum Gasteiger partial charge on any atom is -0.392 e. The van der Waals surface area contributed by atoms with Crippen molar-refractivity contribution in [2.75, 3.05) is 6.54 Å². The molecule has 17 heavy (non-hydrogen) atoms. The van der Waals surface area contributed by atoms with Crippen molar-refractivity contribution in [3.05, 3.63) is 17.5 Å². The molecule has 5 heteroatoms. The molecule has 0 aliphatic rings. The second kappa shape index (κ2) is 4.87. The van der Waals surface area contributed by atoms with E-state index in [1.54, 1.807) is 24.9 Å². The number of hydrogen-bond acceptors (Lipinski definition) is 3. The molecule has 0 aliphatic carbocycles. The molecular weight excluding hydrogens is 218 g/mol. The molecule has 0 spiro atoms. The summed E-state index contributed by atoms with van der Waals surface area (Å²) in [5.41, 5.74) is 1.16. The zero-order valence-electron chi connectivity index (χ0n) is 11.1. The van der Waals surface area contributed by atoms with Crippen LogP contribution in [0.4, 0.5) is 0 Å². The Labute approximate surface area is 102 Å². The lowest BCUT2D eigenvalue weighted by molar-refractivity contribution is 0.0922. The van der Waals surface area contributed by atoms with Gasteiger partial charge in [0, 0.05) is 25.2 Å². The fraction of sp³-hybridized carbons (Fsp3) is 0.667. The van der Waals surface area contributed by atoms with Crippen molar-refractivity contribution in [1.82, 2.24) is 15.1 Å². The molecular formula is C12H21N3O2. The van der Waals surface area contributed by atoms with Gasteiger partial charge in [0.1, 0.15) is 0 Å². The standard InChI is InChI=1S/C12H21N3O2/c1-8(16)6-13-11(17)9-7-15(5)14-10(9)12(2,3)4/h7-8,16H,6H2,1-5H3,(H,13,17). The highest BCUT2D eigenvalue weighted by Crippen LogP contribution is 2.23. The molecule has 0 radical (unpaired) electrons.